The van der Waals surface area contributed by atoms with Crippen molar-refractivity contribution < 1.29 is 9.59 Å². The number of carbonyl (C=O) groups is 2. The minimum atomic E-state index is -0.143. The van der Waals surface area contributed by atoms with Crippen molar-refractivity contribution in [3.05, 3.63) is 41.4 Å². The van der Waals surface area contributed by atoms with Crippen LogP contribution in [0.1, 0.15) is 36.7 Å². The molecule has 2 aromatic rings. The van der Waals surface area contributed by atoms with Crippen molar-refractivity contribution in [2.75, 3.05) is 13.2 Å². The first-order valence-corrected chi connectivity index (χ1v) is 10.1. The summed E-state index contributed by atoms with van der Waals surface area (Å²) in [5.74, 6) is -0.259. The van der Waals surface area contributed by atoms with Crippen molar-refractivity contribution in [1.29, 1.82) is 0 Å². The summed E-state index contributed by atoms with van der Waals surface area (Å²) < 4.78 is 1.19. The van der Waals surface area contributed by atoms with Gasteiger partial charge in [-0.2, -0.15) is 0 Å². The van der Waals surface area contributed by atoms with Gasteiger partial charge in [-0.15, -0.1) is 11.3 Å². The molecular formula is C20H21N3O2S. The highest BCUT2D eigenvalue weighted by Crippen LogP contribution is 2.39. The van der Waals surface area contributed by atoms with Crippen molar-refractivity contribution in [1.82, 2.24) is 14.8 Å². The van der Waals surface area contributed by atoms with E-state index in [0.717, 1.165) is 29.9 Å². The predicted octanol–water partition coefficient (Wildman–Crippen LogP) is 3.34. The molecule has 5 rings (SSSR count). The number of aromatic nitrogens is 1. The Balaban J connectivity index is 1.38. The third kappa shape index (κ3) is 2.51. The molecule has 2 aliphatic heterocycles. The van der Waals surface area contributed by atoms with Gasteiger partial charge in [0.15, 0.2) is 0 Å². The fraction of sp³-hybridized carbons (Fsp3) is 0.450. The quantitative estimate of drug-likeness (QED) is 0.617. The van der Waals surface area contributed by atoms with E-state index in [1.807, 2.05) is 30.4 Å². The highest BCUT2D eigenvalue weighted by atomic mass is 32.1. The molecule has 1 aromatic carbocycles. The first-order valence-electron chi connectivity index (χ1n) is 9.32. The number of nitrogens with zero attached hydrogens (tertiary/aromatic N) is 3. The van der Waals surface area contributed by atoms with E-state index in [0.29, 0.717) is 19.5 Å². The molecule has 0 saturated carbocycles. The summed E-state index contributed by atoms with van der Waals surface area (Å²) in [5.41, 5.74) is 1.03. The molecule has 3 heterocycles. The van der Waals surface area contributed by atoms with Crippen LogP contribution in [0.25, 0.3) is 10.2 Å². The number of hydrogen-bond donors (Lipinski definition) is 0. The summed E-state index contributed by atoms with van der Waals surface area (Å²) in [6.07, 6.45) is 7.58. The van der Waals surface area contributed by atoms with Crippen molar-refractivity contribution in [2.45, 2.75) is 31.7 Å². The molecule has 26 heavy (non-hydrogen) atoms. The Morgan fingerprint density at radius 2 is 1.81 bits per heavy atom. The molecule has 5 nitrogen and oxygen atoms in total. The van der Waals surface area contributed by atoms with Gasteiger partial charge in [0, 0.05) is 6.54 Å². The summed E-state index contributed by atoms with van der Waals surface area (Å²) in [6.45, 7) is 1.32. The van der Waals surface area contributed by atoms with Crippen LogP contribution in [0.2, 0.25) is 0 Å². The lowest BCUT2D eigenvalue weighted by molar-refractivity contribution is -0.142. The third-order valence-electron chi connectivity index (χ3n) is 5.88. The largest absolute Gasteiger partial charge is 0.276 e. The van der Waals surface area contributed by atoms with Crippen LogP contribution in [-0.2, 0) is 9.59 Å². The summed E-state index contributed by atoms with van der Waals surface area (Å²) in [4.78, 5) is 34.1. The number of allylic oxidation sites excluding steroid dienone is 2. The molecule has 6 heteroatoms. The summed E-state index contributed by atoms with van der Waals surface area (Å²) >= 11 is 1.73. The zero-order valence-corrected chi connectivity index (χ0v) is 15.3. The van der Waals surface area contributed by atoms with Gasteiger partial charge in [-0.1, -0.05) is 24.3 Å². The second-order valence-corrected chi connectivity index (χ2v) is 8.45. The van der Waals surface area contributed by atoms with Gasteiger partial charge in [0.2, 0.25) is 11.8 Å². The molecule has 134 valence electrons. The Hall–Kier alpha value is -2.05. The summed E-state index contributed by atoms with van der Waals surface area (Å²) in [5, 5.41) is 1.10. The van der Waals surface area contributed by atoms with Crippen molar-refractivity contribution in [3.63, 3.8) is 0 Å². The molecule has 2 amide bonds. The van der Waals surface area contributed by atoms with Gasteiger partial charge in [-0.3, -0.25) is 19.4 Å². The number of carbonyl (C=O) groups excluding carboxylic acids is 2. The van der Waals surface area contributed by atoms with E-state index in [1.165, 1.54) is 9.60 Å². The second kappa shape index (κ2) is 6.28. The van der Waals surface area contributed by atoms with E-state index in [1.54, 1.807) is 11.3 Å². The van der Waals surface area contributed by atoms with Gasteiger partial charge in [0.1, 0.15) is 5.01 Å². The molecule has 0 bridgehead atoms. The van der Waals surface area contributed by atoms with Gasteiger partial charge in [0.25, 0.3) is 0 Å². The third-order valence-corrected chi connectivity index (χ3v) is 7.02. The number of thiazole rings is 1. The number of para-hydroxylation sites is 1. The normalized spacial score (nSPS) is 29.1. The van der Waals surface area contributed by atoms with Gasteiger partial charge < -0.3 is 0 Å². The minimum Gasteiger partial charge on any atom is -0.276 e. The first-order chi connectivity index (χ1) is 12.7. The maximum absolute atomic E-state index is 12.8. The maximum atomic E-state index is 12.8. The Morgan fingerprint density at radius 1 is 1.08 bits per heavy atom. The van der Waals surface area contributed by atoms with E-state index in [-0.39, 0.29) is 29.7 Å². The van der Waals surface area contributed by atoms with Crippen molar-refractivity contribution in [2.24, 2.45) is 11.8 Å². The molecule has 0 spiro atoms. The molecule has 3 aliphatic rings. The standard InChI is InChI=1S/C20H21N3O2S/c24-19-13-6-1-2-7-14(13)20(25)23(19)12-22-11-5-9-16(22)18-21-15-8-3-4-10-17(15)26-18/h1-4,8,10,13-14,16H,5-7,9,11-12H2/t13-,14-,16+/m1/s1. The van der Waals surface area contributed by atoms with E-state index in [9.17, 15) is 9.59 Å². The lowest BCUT2D eigenvalue weighted by Gasteiger charge is -2.27. The van der Waals surface area contributed by atoms with Crippen LogP contribution in [0.5, 0.6) is 0 Å². The van der Waals surface area contributed by atoms with E-state index in [4.69, 9.17) is 4.98 Å². The van der Waals surface area contributed by atoms with E-state index in [2.05, 4.69) is 11.0 Å². The Bertz CT molecular complexity index is 846. The monoisotopic (exact) mass is 367 g/mol. The number of hydrogen-bond acceptors (Lipinski definition) is 5. The SMILES string of the molecule is O=C1[C@@H]2CC=CC[C@H]2C(=O)N1CN1CCC[C@H]1c1nc2ccccc2s1. The van der Waals surface area contributed by atoms with Gasteiger partial charge in [-0.05, 0) is 37.8 Å². The number of fused-ring (bicyclic) bond motifs is 2. The minimum absolute atomic E-state index is 0.0132. The number of benzene rings is 1. The fourth-order valence-electron chi connectivity index (χ4n) is 4.50. The highest BCUT2D eigenvalue weighted by Gasteiger charge is 2.48. The van der Waals surface area contributed by atoms with Crippen molar-refractivity contribution in [3.8, 4) is 0 Å². The van der Waals surface area contributed by atoms with Crippen LogP contribution in [0.15, 0.2) is 36.4 Å². The molecule has 0 radical (unpaired) electrons. The molecule has 0 N–H and O–H groups in total. The Labute approximate surface area is 156 Å². The fourth-order valence-corrected chi connectivity index (χ4v) is 5.63. The van der Waals surface area contributed by atoms with Gasteiger partial charge in [0.05, 0.1) is 34.8 Å². The average Bonchev–Trinajstić information content (AvgIpc) is 3.35. The zero-order valence-electron chi connectivity index (χ0n) is 14.5. The van der Waals surface area contributed by atoms with Crippen LogP contribution in [0.4, 0.5) is 0 Å². The van der Waals surface area contributed by atoms with E-state index < -0.39 is 0 Å². The zero-order chi connectivity index (χ0) is 17.7. The second-order valence-electron chi connectivity index (χ2n) is 7.39. The summed E-state index contributed by atoms with van der Waals surface area (Å²) in [6, 6.07) is 8.39. The lowest BCUT2D eigenvalue weighted by atomic mass is 9.85. The smallest absolute Gasteiger partial charge is 0.234 e. The molecular weight excluding hydrogens is 346 g/mol. The number of likely N-dealkylation sites (tertiary alicyclic amines) is 2. The predicted molar refractivity (Wildman–Crippen MR) is 100 cm³/mol. The maximum Gasteiger partial charge on any atom is 0.234 e. The van der Waals surface area contributed by atoms with Crippen LogP contribution in [-0.4, -0.2) is 39.8 Å². The topological polar surface area (TPSA) is 53.5 Å². The van der Waals surface area contributed by atoms with E-state index >= 15 is 0 Å². The number of imide groups is 1. The van der Waals surface area contributed by atoms with Crippen LogP contribution in [0.3, 0.4) is 0 Å². The number of rotatable bonds is 3. The molecule has 2 saturated heterocycles. The average molecular weight is 367 g/mol. The van der Waals surface area contributed by atoms with Crippen LogP contribution < -0.4 is 0 Å². The molecule has 0 unspecified atom stereocenters. The highest BCUT2D eigenvalue weighted by molar-refractivity contribution is 7.18. The van der Waals surface area contributed by atoms with Gasteiger partial charge >= 0.3 is 0 Å². The van der Waals surface area contributed by atoms with Gasteiger partial charge in [-0.25, -0.2) is 4.98 Å². The Kier molecular flexibility index (Phi) is 3.90. The summed E-state index contributed by atoms with van der Waals surface area (Å²) in [7, 11) is 0. The Morgan fingerprint density at radius 3 is 2.54 bits per heavy atom. The molecule has 1 aromatic heterocycles. The number of amides is 2. The van der Waals surface area contributed by atoms with Crippen molar-refractivity contribution >= 4 is 33.4 Å². The molecule has 1 aliphatic carbocycles. The van der Waals surface area contributed by atoms with Crippen LogP contribution in [0, 0.1) is 11.8 Å². The molecule has 3 atom stereocenters. The first kappa shape index (κ1) is 16.1. The molecule has 2 fully saturated rings. The van der Waals surface area contributed by atoms with Crippen LogP contribution >= 0.6 is 11.3 Å². The lowest BCUT2D eigenvalue weighted by Crippen LogP contribution is -2.41.